The fraction of sp³-hybridized carbons (Fsp3) is 0.526. The number of fused-ring (bicyclic) bond motifs is 1. The van der Waals surface area contributed by atoms with Crippen LogP contribution in [0.2, 0.25) is 0 Å². The summed E-state index contributed by atoms with van der Waals surface area (Å²) in [6.45, 7) is 2.27. The molecular formula is C19H22FN5O6. The number of aliphatic hydroxyl groups is 1. The van der Waals surface area contributed by atoms with Gasteiger partial charge in [-0.05, 0) is 6.42 Å². The topological polar surface area (TPSA) is 152 Å². The molecule has 3 heterocycles. The van der Waals surface area contributed by atoms with Gasteiger partial charge in [0, 0.05) is 12.8 Å². The average molecular weight is 435 g/mol. The molecule has 0 aromatic carbocycles. The Morgan fingerprint density at radius 2 is 2.13 bits per heavy atom. The highest BCUT2D eigenvalue weighted by Crippen LogP contribution is 2.48. The summed E-state index contributed by atoms with van der Waals surface area (Å²) in [7, 11) is 0. The molecule has 0 saturated carbocycles. The molecule has 3 N–H and O–H groups in total. The first kappa shape index (κ1) is 22.4. The van der Waals surface area contributed by atoms with E-state index in [0.29, 0.717) is 6.42 Å². The molecule has 0 radical (unpaired) electrons. The number of esters is 2. The number of nitrogens with zero attached hydrogens (tertiary/aromatic N) is 4. The Hall–Kier alpha value is -3.30. The van der Waals surface area contributed by atoms with E-state index in [4.69, 9.17) is 26.4 Å². The highest BCUT2D eigenvalue weighted by molar-refractivity contribution is 5.81. The van der Waals surface area contributed by atoms with E-state index in [1.807, 2.05) is 0 Å². The van der Waals surface area contributed by atoms with Crippen LogP contribution in [0.4, 0.5) is 10.2 Å². The summed E-state index contributed by atoms with van der Waals surface area (Å²) in [5.41, 5.74) is 3.54. The van der Waals surface area contributed by atoms with Gasteiger partial charge in [-0.15, -0.1) is 6.42 Å². The highest BCUT2D eigenvalue weighted by Gasteiger charge is 2.68. The lowest BCUT2D eigenvalue weighted by molar-refractivity contribution is -0.224. The molecule has 0 aliphatic carbocycles. The molecule has 0 bridgehead atoms. The summed E-state index contributed by atoms with van der Waals surface area (Å²) in [6, 6.07) is 0. The fourth-order valence-corrected chi connectivity index (χ4v) is 3.22. The van der Waals surface area contributed by atoms with E-state index < -0.39 is 42.3 Å². The van der Waals surface area contributed by atoms with Crippen LogP contribution < -0.4 is 5.73 Å². The van der Waals surface area contributed by atoms with Crippen molar-refractivity contribution in [2.75, 3.05) is 12.3 Å². The van der Waals surface area contributed by atoms with Crippen LogP contribution in [0, 0.1) is 12.3 Å². The number of terminal acetylenes is 1. The van der Waals surface area contributed by atoms with Gasteiger partial charge in [0.05, 0.1) is 6.33 Å². The first-order valence-electron chi connectivity index (χ1n) is 9.55. The van der Waals surface area contributed by atoms with Crippen molar-refractivity contribution in [3.63, 3.8) is 0 Å². The summed E-state index contributed by atoms with van der Waals surface area (Å²) in [5, 5.41) is 11.3. The summed E-state index contributed by atoms with van der Waals surface area (Å²) in [5.74, 6) is -2.38. The SMILES string of the molecule is C#C[C@]1(O)[C@H](n2cnc3c(N)ncnc32)O[C@](F)(COC(=O)CC)[C@H]1OC(=O)CCC. The minimum absolute atomic E-state index is 0.0262. The maximum absolute atomic E-state index is 16.0. The van der Waals surface area contributed by atoms with Crippen LogP contribution in [0.5, 0.6) is 0 Å². The standard InChI is InChI=1S/C19H22FN5O6/c1-4-7-12(27)30-16-18(28,6-3)17(31-19(16,20)8-29-11(26)5-2)25-10-24-13-14(21)22-9-23-15(13)25/h3,9-10,16-17,28H,4-5,7-8H2,1-2H3,(H2,21,22,23)/t16-,17+,18+,19+/m0/s1. The number of carbonyl (C=O) groups excluding carboxylic acids is 2. The summed E-state index contributed by atoms with van der Waals surface area (Å²) in [4.78, 5) is 35.6. The van der Waals surface area contributed by atoms with Gasteiger partial charge in [-0.1, -0.05) is 19.8 Å². The minimum Gasteiger partial charge on any atom is -0.459 e. The first-order valence-corrected chi connectivity index (χ1v) is 9.55. The number of halogens is 1. The van der Waals surface area contributed by atoms with Crippen LogP contribution in [0.25, 0.3) is 11.2 Å². The van der Waals surface area contributed by atoms with Crippen molar-refractivity contribution < 1.29 is 33.3 Å². The second-order valence-electron chi connectivity index (χ2n) is 6.94. The molecule has 166 valence electrons. The third kappa shape index (κ3) is 3.89. The second-order valence-corrected chi connectivity index (χ2v) is 6.94. The normalized spacial score (nSPS) is 27.7. The number of imidazole rings is 1. The number of hydrogen-bond donors (Lipinski definition) is 2. The molecule has 0 spiro atoms. The Bertz CT molecular complexity index is 1040. The predicted octanol–water partition coefficient (Wildman–Crippen LogP) is 0.632. The number of alkyl halides is 1. The average Bonchev–Trinajstić information content (AvgIpc) is 3.27. The van der Waals surface area contributed by atoms with Crippen molar-refractivity contribution in [1.29, 1.82) is 0 Å². The third-order valence-electron chi connectivity index (χ3n) is 4.77. The molecule has 11 nitrogen and oxygen atoms in total. The maximum atomic E-state index is 16.0. The van der Waals surface area contributed by atoms with E-state index in [2.05, 4.69) is 20.9 Å². The Kier molecular flexibility index (Phi) is 6.10. The molecule has 1 aliphatic heterocycles. The van der Waals surface area contributed by atoms with Crippen LogP contribution in [0.15, 0.2) is 12.7 Å². The lowest BCUT2D eigenvalue weighted by Gasteiger charge is -2.30. The largest absolute Gasteiger partial charge is 0.459 e. The van der Waals surface area contributed by atoms with Gasteiger partial charge in [0.2, 0.25) is 11.7 Å². The number of hydrogen-bond acceptors (Lipinski definition) is 10. The lowest BCUT2D eigenvalue weighted by atomic mass is 9.93. The van der Waals surface area contributed by atoms with Crippen LogP contribution in [0.3, 0.4) is 0 Å². The molecule has 4 atom stereocenters. The van der Waals surface area contributed by atoms with Crippen molar-refractivity contribution in [3.05, 3.63) is 12.7 Å². The van der Waals surface area contributed by atoms with Crippen molar-refractivity contribution in [1.82, 2.24) is 19.5 Å². The molecular weight excluding hydrogens is 413 g/mol. The maximum Gasteiger partial charge on any atom is 0.306 e. The number of aromatic nitrogens is 4. The van der Waals surface area contributed by atoms with Crippen molar-refractivity contribution >= 4 is 28.9 Å². The molecule has 0 amide bonds. The van der Waals surface area contributed by atoms with Gasteiger partial charge in [-0.2, -0.15) is 0 Å². The number of nitrogen functional groups attached to an aromatic ring is 1. The second kappa shape index (κ2) is 8.44. The van der Waals surface area contributed by atoms with E-state index >= 15 is 4.39 Å². The Morgan fingerprint density at radius 3 is 2.77 bits per heavy atom. The van der Waals surface area contributed by atoms with Gasteiger partial charge in [-0.25, -0.2) is 19.3 Å². The zero-order chi connectivity index (χ0) is 22.8. The molecule has 2 aromatic rings. The number of nitrogens with two attached hydrogens (primary N) is 1. The zero-order valence-electron chi connectivity index (χ0n) is 16.9. The molecule has 3 rings (SSSR count). The quantitative estimate of drug-likeness (QED) is 0.468. The fourth-order valence-electron chi connectivity index (χ4n) is 3.22. The molecule has 12 heteroatoms. The Labute approximate surface area is 176 Å². The van der Waals surface area contributed by atoms with Gasteiger partial charge in [0.1, 0.15) is 11.8 Å². The van der Waals surface area contributed by atoms with E-state index in [9.17, 15) is 14.7 Å². The zero-order valence-corrected chi connectivity index (χ0v) is 16.9. The third-order valence-corrected chi connectivity index (χ3v) is 4.77. The van der Waals surface area contributed by atoms with Gasteiger partial charge >= 0.3 is 11.9 Å². The summed E-state index contributed by atoms with van der Waals surface area (Å²) >= 11 is 0. The van der Waals surface area contributed by atoms with E-state index in [0.717, 1.165) is 10.9 Å². The first-order chi connectivity index (χ1) is 14.7. The van der Waals surface area contributed by atoms with Gasteiger partial charge < -0.3 is 25.1 Å². The smallest absolute Gasteiger partial charge is 0.306 e. The molecule has 0 unspecified atom stereocenters. The number of anilines is 1. The van der Waals surface area contributed by atoms with E-state index in [1.54, 1.807) is 6.92 Å². The number of carbonyl (C=O) groups is 2. The predicted molar refractivity (Wildman–Crippen MR) is 104 cm³/mol. The molecule has 1 aliphatic rings. The Balaban J connectivity index is 2.07. The summed E-state index contributed by atoms with van der Waals surface area (Å²) < 4.78 is 32.6. The summed E-state index contributed by atoms with van der Waals surface area (Å²) in [6.07, 6.45) is 4.56. The monoisotopic (exact) mass is 435 g/mol. The molecule has 2 aromatic heterocycles. The van der Waals surface area contributed by atoms with Crippen LogP contribution in [0.1, 0.15) is 39.3 Å². The number of rotatable bonds is 7. The highest BCUT2D eigenvalue weighted by atomic mass is 19.2. The van der Waals surface area contributed by atoms with Crippen molar-refractivity contribution in [3.8, 4) is 12.3 Å². The minimum atomic E-state index is -2.95. The van der Waals surface area contributed by atoms with Crippen molar-refractivity contribution in [2.45, 2.75) is 56.9 Å². The van der Waals surface area contributed by atoms with Crippen LogP contribution in [-0.2, 0) is 23.8 Å². The van der Waals surface area contributed by atoms with Gasteiger partial charge in [0.25, 0.3) is 5.85 Å². The van der Waals surface area contributed by atoms with E-state index in [-0.39, 0.29) is 29.8 Å². The van der Waals surface area contributed by atoms with E-state index in [1.165, 1.54) is 13.3 Å². The van der Waals surface area contributed by atoms with Gasteiger partial charge in [0.15, 0.2) is 24.3 Å². The van der Waals surface area contributed by atoms with Crippen molar-refractivity contribution in [2.24, 2.45) is 0 Å². The molecule has 31 heavy (non-hydrogen) atoms. The van der Waals surface area contributed by atoms with Crippen LogP contribution in [-0.4, -0.2) is 60.7 Å². The molecule has 1 fully saturated rings. The number of ether oxygens (including phenoxy) is 3. The molecule has 1 saturated heterocycles. The Morgan fingerprint density at radius 1 is 1.39 bits per heavy atom. The lowest BCUT2D eigenvalue weighted by Crippen LogP contribution is -2.53. The van der Waals surface area contributed by atoms with Gasteiger partial charge in [-0.3, -0.25) is 14.2 Å². The van der Waals surface area contributed by atoms with Crippen LogP contribution >= 0.6 is 0 Å².